The van der Waals surface area contributed by atoms with Crippen molar-refractivity contribution in [1.82, 2.24) is 15.0 Å². The molecule has 0 saturated heterocycles. The fraction of sp³-hybridized carbons (Fsp3) is 0.211. The lowest BCUT2D eigenvalue weighted by Crippen LogP contribution is -2.38. The molecule has 1 amide bonds. The smallest absolute Gasteiger partial charge is 0.328 e. The number of rotatable bonds is 5. The molecule has 0 spiro atoms. The number of amides is 1. The molecule has 0 aliphatic carbocycles. The zero-order valence-corrected chi connectivity index (χ0v) is 14.9. The maximum absolute atomic E-state index is 12.4. The van der Waals surface area contributed by atoms with Crippen molar-refractivity contribution < 1.29 is 14.3 Å². The molecule has 0 radical (unpaired) electrons. The first-order valence-electron chi connectivity index (χ1n) is 8.32. The Bertz CT molecular complexity index is 1030. The van der Waals surface area contributed by atoms with Gasteiger partial charge in [-0.2, -0.15) is 4.68 Å². The standard InChI is InChI=1S/C19H18N4O4/c1-13(18(25)22(2)14-8-4-3-5-9-14)27-17(24)12-23-19(26)15-10-6-7-11-16(15)20-21-23/h3-11,13H,12H2,1-2H3. The number of carbonyl (C=O) groups excluding carboxylic acids is 2. The summed E-state index contributed by atoms with van der Waals surface area (Å²) >= 11 is 0. The molecule has 1 aromatic heterocycles. The van der Waals surface area contributed by atoms with Gasteiger partial charge >= 0.3 is 5.97 Å². The first kappa shape index (κ1) is 18.2. The van der Waals surface area contributed by atoms with E-state index in [1.807, 2.05) is 6.07 Å². The van der Waals surface area contributed by atoms with E-state index in [1.165, 1.54) is 11.8 Å². The van der Waals surface area contributed by atoms with Crippen LogP contribution in [0.2, 0.25) is 0 Å². The fourth-order valence-electron chi connectivity index (χ4n) is 2.59. The molecule has 8 nitrogen and oxygen atoms in total. The lowest BCUT2D eigenvalue weighted by molar-refractivity contribution is -0.154. The van der Waals surface area contributed by atoms with Crippen LogP contribution in [0.5, 0.6) is 0 Å². The minimum atomic E-state index is -1.01. The summed E-state index contributed by atoms with van der Waals surface area (Å²) in [6.45, 7) is 1.05. The Morgan fingerprint density at radius 1 is 1.11 bits per heavy atom. The summed E-state index contributed by atoms with van der Waals surface area (Å²) in [5.74, 6) is -1.13. The molecule has 0 fully saturated rings. The third kappa shape index (κ3) is 4.00. The molecule has 8 heteroatoms. The van der Waals surface area contributed by atoms with E-state index < -0.39 is 24.2 Å². The molecule has 0 aliphatic rings. The van der Waals surface area contributed by atoms with E-state index in [0.717, 1.165) is 4.68 Å². The van der Waals surface area contributed by atoms with Gasteiger partial charge in [0.25, 0.3) is 11.5 Å². The number of aromatic nitrogens is 3. The number of nitrogens with zero attached hydrogens (tertiary/aromatic N) is 4. The Morgan fingerprint density at radius 3 is 2.52 bits per heavy atom. The van der Waals surface area contributed by atoms with E-state index in [-0.39, 0.29) is 5.91 Å². The molecule has 27 heavy (non-hydrogen) atoms. The lowest BCUT2D eigenvalue weighted by Gasteiger charge is -2.21. The molecule has 1 heterocycles. The van der Waals surface area contributed by atoms with Crippen molar-refractivity contribution in [2.24, 2.45) is 0 Å². The lowest BCUT2D eigenvalue weighted by atomic mass is 10.2. The highest BCUT2D eigenvalue weighted by molar-refractivity contribution is 5.96. The van der Waals surface area contributed by atoms with Gasteiger partial charge in [0, 0.05) is 12.7 Å². The van der Waals surface area contributed by atoms with Crippen molar-refractivity contribution >= 4 is 28.5 Å². The van der Waals surface area contributed by atoms with Crippen molar-refractivity contribution in [3.05, 3.63) is 65.0 Å². The Balaban J connectivity index is 1.68. The predicted molar refractivity (Wildman–Crippen MR) is 99.2 cm³/mol. The number of carbonyl (C=O) groups is 2. The molecule has 3 rings (SSSR count). The van der Waals surface area contributed by atoms with E-state index in [1.54, 1.807) is 55.6 Å². The van der Waals surface area contributed by atoms with E-state index in [9.17, 15) is 14.4 Å². The molecular formula is C19H18N4O4. The largest absolute Gasteiger partial charge is 0.451 e. The van der Waals surface area contributed by atoms with Crippen LogP contribution in [0.3, 0.4) is 0 Å². The van der Waals surface area contributed by atoms with Crippen molar-refractivity contribution in [3.63, 3.8) is 0 Å². The summed E-state index contributed by atoms with van der Waals surface area (Å²) in [5.41, 5.74) is 0.681. The molecule has 2 aromatic carbocycles. The summed E-state index contributed by atoms with van der Waals surface area (Å²) in [5, 5.41) is 8.00. The van der Waals surface area contributed by atoms with Crippen LogP contribution >= 0.6 is 0 Å². The summed E-state index contributed by atoms with van der Waals surface area (Å²) in [6.07, 6.45) is -1.01. The molecule has 0 bridgehead atoms. The minimum absolute atomic E-state index is 0.355. The van der Waals surface area contributed by atoms with E-state index in [0.29, 0.717) is 16.6 Å². The molecule has 0 N–H and O–H groups in total. The second-order valence-electron chi connectivity index (χ2n) is 5.93. The summed E-state index contributed by atoms with van der Waals surface area (Å²) in [6, 6.07) is 15.7. The van der Waals surface area contributed by atoms with E-state index in [4.69, 9.17) is 4.74 Å². The predicted octanol–water partition coefficient (Wildman–Crippen LogP) is 1.39. The average molecular weight is 366 g/mol. The second-order valence-corrected chi connectivity index (χ2v) is 5.93. The van der Waals surface area contributed by atoms with Crippen molar-refractivity contribution in [2.45, 2.75) is 19.6 Å². The van der Waals surface area contributed by atoms with Gasteiger partial charge in [-0.15, -0.1) is 5.10 Å². The molecule has 1 unspecified atom stereocenters. The van der Waals surface area contributed by atoms with Gasteiger partial charge in [0.15, 0.2) is 6.10 Å². The topological polar surface area (TPSA) is 94.4 Å². The number of benzene rings is 2. The van der Waals surface area contributed by atoms with Crippen LogP contribution in [-0.4, -0.2) is 40.0 Å². The van der Waals surface area contributed by atoms with Gasteiger partial charge in [-0.25, -0.2) is 0 Å². The molecule has 1 atom stereocenters. The number of hydrogen-bond donors (Lipinski definition) is 0. The SMILES string of the molecule is CC(OC(=O)Cn1nnc2ccccc2c1=O)C(=O)N(C)c1ccccc1. The number of fused-ring (bicyclic) bond motifs is 1. The number of esters is 1. The van der Waals surface area contributed by atoms with Gasteiger partial charge in [0.05, 0.1) is 5.39 Å². The van der Waals surface area contributed by atoms with Crippen molar-refractivity contribution in [3.8, 4) is 0 Å². The summed E-state index contributed by atoms with van der Waals surface area (Å²) < 4.78 is 6.09. The average Bonchev–Trinajstić information content (AvgIpc) is 2.69. The van der Waals surface area contributed by atoms with Gasteiger partial charge in [0.2, 0.25) is 0 Å². The third-order valence-corrected chi connectivity index (χ3v) is 4.04. The molecule has 0 aliphatic heterocycles. The maximum Gasteiger partial charge on any atom is 0.328 e. The molecule has 138 valence electrons. The van der Waals surface area contributed by atoms with Crippen LogP contribution in [0.1, 0.15) is 6.92 Å². The number of ether oxygens (including phenoxy) is 1. The van der Waals surface area contributed by atoms with Gasteiger partial charge in [-0.3, -0.25) is 14.4 Å². The highest BCUT2D eigenvalue weighted by Gasteiger charge is 2.23. The first-order chi connectivity index (χ1) is 13.0. The van der Waals surface area contributed by atoms with Crippen LogP contribution < -0.4 is 10.5 Å². The molecule has 0 saturated carbocycles. The van der Waals surface area contributed by atoms with E-state index in [2.05, 4.69) is 10.3 Å². The van der Waals surface area contributed by atoms with Gasteiger partial charge in [-0.05, 0) is 31.2 Å². The fourth-order valence-corrected chi connectivity index (χ4v) is 2.59. The van der Waals surface area contributed by atoms with Crippen molar-refractivity contribution in [1.29, 1.82) is 0 Å². The van der Waals surface area contributed by atoms with Gasteiger partial charge in [-0.1, -0.05) is 35.5 Å². The zero-order chi connectivity index (χ0) is 19.4. The summed E-state index contributed by atoms with van der Waals surface area (Å²) in [4.78, 5) is 38.3. The summed E-state index contributed by atoms with van der Waals surface area (Å²) in [7, 11) is 1.60. The van der Waals surface area contributed by atoms with Crippen LogP contribution in [0.25, 0.3) is 10.9 Å². The monoisotopic (exact) mass is 366 g/mol. The Kier molecular flexibility index (Phi) is 5.25. The minimum Gasteiger partial charge on any atom is -0.451 e. The number of anilines is 1. The van der Waals surface area contributed by atoms with Crippen LogP contribution in [0.4, 0.5) is 5.69 Å². The van der Waals surface area contributed by atoms with Gasteiger partial charge in [0.1, 0.15) is 12.1 Å². The zero-order valence-electron chi connectivity index (χ0n) is 14.9. The van der Waals surface area contributed by atoms with Crippen molar-refractivity contribution in [2.75, 3.05) is 11.9 Å². The van der Waals surface area contributed by atoms with Crippen LogP contribution in [0, 0.1) is 0 Å². The highest BCUT2D eigenvalue weighted by atomic mass is 16.5. The van der Waals surface area contributed by atoms with Crippen LogP contribution in [0.15, 0.2) is 59.4 Å². The normalized spacial score (nSPS) is 11.8. The third-order valence-electron chi connectivity index (χ3n) is 4.04. The van der Waals surface area contributed by atoms with E-state index >= 15 is 0 Å². The molecule has 3 aromatic rings. The molecular weight excluding hydrogens is 348 g/mol. The van der Waals surface area contributed by atoms with Crippen LogP contribution in [-0.2, 0) is 20.9 Å². The number of hydrogen-bond acceptors (Lipinski definition) is 6. The number of likely N-dealkylation sites (N-methyl/N-ethyl adjacent to an activating group) is 1. The first-order valence-corrected chi connectivity index (χ1v) is 8.32. The Morgan fingerprint density at radius 2 is 1.78 bits per heavy atom. The number of para-hydroxylation sites is 1. The quantitative estimate of drug-likeness (QED) is 0.633. The second kappa shape index (κ2) is 7.77. The van der Waals surface area contributed by atoms with Gasteiger partial charge < -0.3 is 9.64 Å². The maximum atomic E-state index is 12.4. The highest BCUT2D eigenvalue weighted by Crippen LogP contribution is 2.13. The Labute approximate surface area is 155 Å². The Hall–Kier alpha value is -3.55.